The van der Waals surface area contributed by atoms with Gasteiger partial charge in [-0.25, -0.2) is 4.98 Å². The molecule has 4 nitrogen and oxygen atoms in total. The highest BCUT2D eigenvalue weighted by molar-refractivity contribution is 9.10. The number of aryl methyl sites for hydroxylation is 2. The van der Waals surface area contributed by atoms with Gasteiger partial charge in [0.05, 0.1) is 18.5 Å². The highest BCUT2D eigenvalue weighted by Crippen LogP contribution is 2.30. The summed E-state index contributed by atoms with van der Waals surface area (Å²) in [6.07, 6.45) is 0. The van der Waals surface area contributed by atoms with Crippen LogP contribution in [0.15, 0.2) is 16.7 Å². The normalized spacial score (nSPS) is 10.6. The lowest BCUT2D eigenvalue weighted by atomic mass is 10.1. The van der Waals surface area contributed by atoms with E-state index in [9.17, 15) is 0 Å². The topological polar surface area (TPSA) is 39.9 Å². The van der Waals surface area contributed by atoms with Gasteiger partial charge in [0.2, 0.25) is 0 Å². The molecule has 0 aromatic carbocycles. The van der Waals surface area contributed by atoms with Crippen LogP contribution in [-0.4, -0.2) is 21.9 Å². The van der Waals surface area contributed by atoms with Gasteiger partial charge in [-0.15, -0.1) is 0 Å². The number of methoxy groups -OCH3 is 1. The van der Waals surface area contributed by atoms with Gasteiger partial charge in [-0.2, -0.15) is 5.10 Å². The molecule has 17 heavy (non-hydrogen) atoms. The van der Waals surface area contributed by atoms with Gasteiger partial charge in [-0.05, 0) is 41.9 Å². The number of hydrogen-bond acceptors (Lipinski definition) is 3. The first kappa shape index (κ1) is 12.1. The molecule has 0 amide bonds. The molecule has 0 unspecified atom stereocenters. The number of nitrogens with zero attached hydrogens (tertiary/aromatic N) is 3. The molecule has 2 heterocycles. The summed E-state index contributed by atoms with van der Waals surface area (Å²) in [6, 6.07) is 3.85. The minimum Gasteiger partial charge on any atom is -0.494 e. The highest BCUT2D eigenvalue weighted by Gasteiger charge is 2.14. The maximum Gasteiger partial charge on any atom is 0.151 e. The molecule has 5 heteroatoms. The van der Waals surface area contributed by atoms with Gasteiger partial charge in [0.25, 0.3) is 0 Å². The Morgan fingerprint density at radius 1 is 1.29 bits per heavy atom. The number of ether oxygens (including phenoxy) is 1. The Hall–Kier alpha value is -1.36. The summed E-state index contributed by atoms with van der Waals surface area (Å²) in [5, 5.41) is 4.39. The van der Waals surface area contributed by atoms with Crippen LogP contribution in [0.1, 0.15) is 11.4 Å². The van der Waals surface area contributed by atoms with Crippen LogP contribution in [0.3, 0.4) is 0 Å². The Bertz CT molecular complexity index is 563. The zero-order valence-corrected chi connectivity index (χ0v) is 11.9. The van der Waals surface area contributed by atoms with Crippen molar-refractivity contribution < 1.29 is 4.74 Å². The van der Waals surface area contributed by atoms with Crippen molar-refractivity contribution in [3.8, 4) is 17.0 Å². The third-order valence-corrected chi connectivity index (χ3v) is 3.37. The van der Waals surface area contributed by atoms with Gasteiger partial charge >= 0.3 is 0 Å². The summed E-state index contributed by atoms with van der Waals surface area (Å²) in [4.78, 5) is 4.49. The highest BCUT2D eigenvalue weighted by atomic mass is 79.9. The van der Waals surface area contributed by atoms with Crippen molar-refractivity contribution in [2.24, 2.45) is 7.05 Å². The fraction of sp³-hybridized carbons (Fsp3) is 0.333. The van der Waals surface area contributed by atoms with Crippen molar-refractivity contribution >= 4 is 15.9 Å². The van der Waals surface area contributed by atoms with Gasteiger partial charge in [0.1, 0.15) is 4.60 Å². The van der Waals surface area contributed by atoms with Crippen LogP contribution in [0.25, 0.3) is 11.3 Å². The van der Waals surface area contributed by atoms with E-state index in [1.165, 1.54) is 0 Å². The zero-order chi connectivity index (χ0) is 12.6. The molecule has 0 aliphatic carbocycles. The maximum absolute atomic E-state index is 5.17. The molecule has 0 aliphatic heterocycles. The third-order valence-electron chi connectivity index (χ3n) is 2.80. The maximum atomic E-state index is 5.17. The molecule has 0 aliphatic rings. The van der Waals surface area contributed by atoms with Crippen LogP contribution in [0, 0.1) is 13.8 Å². The Morgan fingerprint density at radius 2 is 2.00 bits per heavy atom. The molecule has 0 atom stereocenters. The number of pyridine rings is 1. The van der Waals surface area contributed by atoms with E-state index in [1.54, 1.807) is 7.11 Å². The SMILES string of the molecule is COc1ccc(-c2c(C)nn(C)c2C)nc1Br. The average Bonchev–Trinajstić information content (AvgIpc) is 2.53. The standard InChI is InChI=1S/C12H14BrN3O/c1-7-11(8(2)16(3)15-7)9-5-6-10(17-4)12(13)14-9/h5-6H,1-4H3. The average molecular weight is 296 g/mol. The Morgan fingerprint density at radius 3 is 2.47 bits per heavy atom. The third kappa shape index (κ3) is 2.07. The predicted molar refractivity (Wildman–Crippen MR) is 70.2 cm³/mol. The van der Waals surface area contributed by atoms with Crippen molar-refractivity contribution in [3.63, 3.8) is 0 Å². The summed E-state index contributed by atoms with van der Waals surface area (Å²) >= 11 is 3.40. The Labute approximate surface area is 109 Å². The first-order valence-electron chi connectivity index (χ1n) is 5.25. The van der Waals surface area contributed by atoms with Crippen molar-refractivity contribution in [1.29, 1.82) is 0 Å². The summed E-state index contributed by atoms with van der Waals surface area (Å²) in [6.45, 7) is 4.03. The Kier molecular flexibility index (Phi) is 3.19. The minimum absolute atomic E-state index is 0.708. The van der Waals surface area contributed by atoms with Gasteiger partial charge in [-0.3, -0.25) is 4.68 Å². The predicted octanol–water partition coefficient (Wildman–Crippen LogP) is 2.87. The number of rotatable bonds is 2. The largest absolute Gasteiger partial charge is 0.494 e. The lowest BCUT2D eigenvalue weighted by molar-refractivity contribution is 0.410. The molecule has 0 saturated heterocycles. The molecule has 0 N–H and O–H groups in total. The second kappa shape index (κ2) is 4.49. The van der Waals surface area contributed by atoms with Gasteiger partial charge in [-0.1, -0.05) is 0 Å². The van der Waals surface area contributed by atoms with Crippen molar-refractivity contribution in [1.82, 2.24) is 14.8 Å². The van der Waals surface area contributed by atoms with E-state index in [0.29, 0.717) is 4.60 Å². The molecule has 90 valence electrons. The van der Waals surface area contributed by atoms with Crippen LogP contribution in [0.2, 0.25) is 0 Å². The van der Waals surface area contributed by atoms with Crippen LogP contribution >= 0.6 is 15.9 Å². The molecule has 0 fully saturated rings. The fourth-order valence-electron chi connectivity index (χ4n) is 1.86. The lowest BCUT2D eigenvalue weighted by Crippen LogP contribution is -1.94. The molecule has 2 aromatic heterocycles. The first-order chi connectivity index (χ1) is 8.04. The summed E-state index contributed by atoms with van der Waals surface area (Å²) < 4.78 is 7.75. The second-order valence-electron chi connectivity index (χ2n) is 3.86. The van der Waals surface area contributed by atoms with E-state index < -0.39 is 0 Å². The number of hydrogen-bond donors (Lipinski definition) is 0. The van der Waals surface area contributed by atoms with Crippen LogP contribution in [-0.2, 0) is 7.05 Å². The van der Waals surface area contributed by atoms with Gasteiger partial charge in [0.15, 0.2) is 5.75 Å². The van der Waals surface area contributed by atoms with Gasteiger partial charge < -0.3 is 4.74 Å². The van der Waals surface area contributed by atoms with Crippen molar-refractivity contribution in [2.45, 2.75) is 13.8 Å². The minimum atomic E-state index is 0.708. The number of aromatic nitrogens is 3. The van der Waals surface area contributed by atoms with E-state index in [2.05, 4.69) is 26.0 Å². The van der Waals surface area contributed by atoms with Crippen LogP contribution in [0.4, 0.5) is 0 Å². The summed E-state index contributed by atoms with van der Waals surface area (Å²) in [5.41, 5.74) is 4.07. The van der Waals surface area contributed by atoms with E-state index >= 15 is 0 Å². The van der Waals surface area contributed by atoms with E-state index in [1.807, 2.05) is 37.7 Å². The Balaban J connectivity index is 2.57. The molecule has 0 radical (unpaired) electrons. The summed E-state index contributed by atoms with van der Waals surface area (Å²) in [5.74, 6) is 0.730. The molecule has 2 aromatic rings. The van der Waals surface area contributed by atoms with Crippen molar-refractivity contribution in [3.05, 3.63) is 28.1 Å². The van der Waals surface area contributed by atoms with E-state index in [0.717, 1.165) is 28.4 Å². The smallest absolute Gasteiger partial charge is 0.151 e. The van der Waals surface area contributed by atoms with Crippen LogP contribution < -0.4 is 4.74 Å². The number of halogens is 1. The summed E-state index contributed by atoms with van der Waals surface area (Å²) in [7, 11) is 3.56. The molecule has 0 bridgehead atoms. The first-order valence-corrected chi connectivity index (χ1v) is 6.05. The zero-order valence-electron chi connectivity index (χ0n) is 10.3. The fourth-order valence-corrected chi connectivity index (χ4v) is 2.34. The monoisotopic (exact) mass is 295 g/mol. The quantitative estimate of drug-likeness (QED) is 0.800. The lowest BCUT2D eigenvalue weighted by Gasteiger charge is -2.06. The van der Waals surface area contributed by atoms with Crippen LogP contribution in [0.5, 0.6) is 5.75 Å². The molecular formula is C12H14BrN3O. The van der Waals surface area contributed by atoms with E-state index in [4.69, 9.17) is 4.74 Å². The molecule has 2 rings (SSSR count). The van der Waals surface area contributed by atoms with Gasteiger partial charge in [0, 0.05) is 18.3 Å². The molecular weight excluding hydrogens is 282 g/mol. The van der Waals surface area contributed by atoms with Crippen molar-refractivity contribution in [2.75, 3.05) is 7.11 Å². The molecule has 0 saturated carbocycles. The molecule has 0 spiro atoms. The second-order valence-corrected chi connectivity index (χ2v) is 4.61. The van der Waals surface area contributed by atoms with E-state index in [-0.39, 0.29) is 0 Å².